The fourth-order valence-corrected chi connectivity index (χ4v) is 1.17. The van der Waals surface area contributed by atoms with E-state index < -0.39 is 17.9 Å². The van der Waals surface area contributed by atoms with E-state index in [-0.39, 0.29) is 13.0 Å². The number of carbonyl (C=O) groups is 2. The van der Waals surface area contributed by atoms with Gasteiger partial charge in [-0.2, -0.15) is 5.10 Å². The molecule has 6 nitrogen and oxygen atoms in total. The number of amides is 1. The van der Waals surface area contributed by atoms with Gasteiger partial charge in [0.05, 0.1) is 0 Å². The molecule has 1 atom stereocenters. The highest BCUT2D eigenvalue weighted by Gasteiger charge is 2.18. The van der Waals surface area contributed by atoms with Crippen molar-refractivity contribution in [2.45, 2.75) is 19.0 Å². The highest BCUT2D eigenvalue weighted by Crippen LogP contribution is 1.94. The number of aliphatic carboxylic acids is 1. The topological polar surface area (TPSA) is 84.2 Å². The van der Waals surface area contributed by atoms with Crippen LogP contribution in [0.1, 0.15) is 6.42 Å². The first kappa shape index (κ1) is 12.0. The molecule has 86 valence electrons. The van der Waals surface area contributed by atoms with Crippen LogP contribution in [0.5, 0.6) is 0 Å². The molecule has 0 aliphatic rings. The van der Waals surface area contributed by atoms with E-state index in [1.807, 2.05) is 0 Å². The summed E-state index contributed by atoms with van der Waals surface area (Å²) in [6.07, 6.45) is 4.82. The lowest BCUT2D eigenvalue weighted by Gasteiger charge is -2.12. The van der Waals surface area contributed by atoms with Gasteiger partial charge in [0.25, 0.3) is 0 Å². The van der Waals surface area contributed by atoms with Crippen LogP contribution < -0.4 is 5.32 Å². The van der Waals surface area contributed by atoms with Crippen molar-refractivity contribution in [3.05, 3.63) is 31.1 Å². The van der Waals surface area contributed by atoms with E-state index in [4.69, 9.17) is 5.11 Å². The largest absolute Gasteiger partial charge is 0.480 e. The molecule has 0 aliphatic carbocycles. The van der Waals surface area contributed by atoms with E-state index >= 15 is 0 Å². The Balaban J connectivity index is 2.48. The van der Waals surface area contributed by atoms with Gasteiger partial charge in [-0.25, -0.2) is 4.79 Å². The maximum Gasteiger partial charge on any atom is 0.326 e. The maximum absolute atomic E-state index is 11.4. The Kier molecular flexibility index (Phi) is 4.26. The van der Waals surface area contributed by atoms with Gasteiger partial charge in [0.1, 0.15) is 12.6 Å². The third-order valence-electron chi connectivity index (χ3n) is 1.90. The molecule has 0 bridgehead atoms. The van der Waals surface area contributed by atoms with Crippen molar-refractivity contribution in [3.63, 3.8) is 0 Å². The zero-order valence-electron chi connectivity index (χ0n) is 8.67. The lowest BCUT2D eigenvalue weighted by molar-refractivity contribution is -0.141. The van der Waals surface area contributed by atoms with Crippen LogP contribution in [0, 0.1) is 0 Å². The van der Waals surface area contributed by atoms with Gasteiger partial charge in [0, 0.05) is 12.4 Å². The second-order valence-electron chi connectivity index (χ2n) is 3.19. The number of carboxylic acid groups (broad SMARTS) is 1. The predicted molar refractivity (Wildman–Crippen MR) is 56.6 cm³/mol. The lowest BCUT2D eigenvalue weighted by atomic mass is 10.2. The molecule has 0 spiro atoms. The first-order chi connectivity index (χ1) is 7.63. The molecule has 1 aromatic heterocycles. The number of carbonyl (C=O) groups excluding carboxylic acids is 1. The van der Waals surface area contributed by atoms with Gasteiger partial charge < -0.3 is 10.4 Å². The van der Waals surface area contributed by atoms with Crippen molar-refractivity contribution in [2.24, 2.45) is 0 Å². The SMILES string of the molecule is C=CCC(NC(=O)Cn1cccn1)C(=O)O. The smallest absolute Gasteiger partial charge is 0.326 e. The second kappa shape index (κ2) is 5.69. The van der Waals surface area contributed by atoms with E-state index in [1.54, 1.807) is 18.5 Å². The highest BCUT2D eigenvalue weighted by atomic mass is 16.4. The summed E-state index contributed by atoms with van der Waals surface area (Å²) < 4.78 is 1.42. The summed E-state index contributed by atoms with van der Waals surface area (Å²) >= 11 is 0. The van der Waals surface area contributed by atoms with Crippen molar-refractivity contribution in [3.8, 4) is 0 Å². The van der Waals surface area contributed by atoms with E-state index in [0.717, 1.165) is 0 Å². The Morgan fingerprint density at radius 2 is 2.38 bits per heavy atom. The molecule has 0 aromatic carbocycles. The highest BCUT2D eigenvalue weighted by molar-refractivity contribution is 5.83. The summed E-state index contributed by atoms with van der Waals surface area (Å²) in [5.74, 6) is -1.47. The number of nitrogens with one attached hydrogen (secondary N) is 1. The molecule has 0 saturated heterocycles. The molecular formula is C10H13N3O3. The normalized spacial score (nSPS) is 11.8. The number of hydrogen-bond donors (Lipinski definition) is 2. The first-order valence-corrected chi connectivity index (χ1v) is 4.74. The number of hydrogen-bond acceptors (Lipinski definition) is 3. The average Bonchev–Trinajstić information content (AvgIpc) is 2.69. The minimum absolute atomic E-state index is 0.00786. The Bertz CT molecular complexity index is 373. The van der Waals surface area contributed by atoms with Crippen LogP contribution in [-0.4, -0.2) is 32.8 Å². The van der Waals surface area contributed by atoms with Crippen LogP contribution in [0.4, 0.5) is 0 Å². The van der Waals surface area contributed by atoms with Crippen LogP contribution in [0.3, 0.4) is 0 Å². The number of carboxylic acids is 1. The lowest BCUT2D eigenvalue weighted by Crippen LogP contribution is -2.42. The number of nitrogens with zero attached hydrogens (tertiary/aromatic N) is 2. The first-order valence-electron chi connectivity index (χ1n) is 4.74. The van der Waals surface area contributed by atoms with E-state index in [1.165, 1.54) is 10.8 Å². The number of rotatable bonds is 6. The average molecular weight is 223 g/mol. The zero-order chi connectivity index (χ0) is 12.0. The molecule has 6 heteroatoms. The van der Waals surface area contributed by atoms with Crippen LogP contribution in [-0.2, 0) is 16.1 Å². The third kappa shape index (κ3) is 3.56. The van der Waals surface area contributed by atoms with Crippen molar-refractivity contribution in [1.29, 1.82) is 0 Å². The monoisotopic (exact) mass is 223 g/mol. The Morgan fingerprint density at radius 3 is 2.88 bits per heavy atom. The molecule has 1 amide bonds. The van der Waals surface area contributed by atoms with Gasteiger partial charge in [-0.15, -0.1) is 6.58 Å². The molecule has 1 aromatic rings. The summed E-state index contributed by atoms with van der Waals surface area (Å²) in [7, 11) is 0. The summed E-state index contributed by atoms with van der Waals surface area (Å²) in [4.78, 5) is 22.2. The van der Waals surface area contributed by atoms with Gasteiger partial charge >= 0.3 is 5.97 Å². The Morgan fingerprint density at radius 1 is 1.62 bits per heavy atom. The minimum Gasteiger partial charge on any atom is -0.480 e. The van der Waals surface area contributed by atoms with Crippen LogP contribution in [0.2, 0.25) is 0 Å². The Labute approximate surface area is 92.6 Å². The predicted octanol–water partition coefficient (Wildman–Crippen LogP) is 0.0286. The maximum atomic E-state index is 11.4. The van der Waals surface area contributed by atoms with Crippen LogP contribution in [0.15, 0.2) is 31.1 Å². The fraction of sp³-hybridized carbons (Fsp3) is 0.300. The summed E-state index contributed by atoms with van der Waals surface area (Å²) in [5, 5.41) is 15.0. The van der Waals surface area contributed by atoms with Gasteiger partial charge in [0.15, 0.2) is 0 Å². The van der Waals surface area contributed by atoms with Crippen molar-refractivity contribution >= 4 is 11.9 Å². The summed E-state index contributed by atoms with van der Waals surface area (Å²) in [6, 6.07) is 0.756. The number of aromatic nitrogens is 2. The summed E-state index contributed by atoms with van der Waals surface area (Å²) in [5.41, 5.74) is 0. The molecule has 0 fully saturated rings. The van der Waals surface area contributed by atoms with Gasteiger partial charge in [0.2, 0.25) is 5.91 Å². The van der Waals surface area contributed by atoms with Crippen molar-refractivity contribution in [2.75, 3.05) is 0 Å². The second-order valence-corrected chi connectivity index (χ2v) is 3.19. The van der Waals surface area contributed by atoms with E-state index in [0.29, 0.717) is 0 Å². The minimum atomic E-state index is -1.08. The van der Waals surface area contributed by atoms with E-state index in [9.17, 15) is 9.59 Å². The fourth-order valence-electron chi connectivity index (χ4n) is 1.17. The van der Waals surface area contributed by atoms with Crippen molar-refractivity contribution < 1.29 is 14.7 Å². The quantitative estimate of drug-likeness (QED) is 0.666. The Hall–Kier alpha value is -2.11. The molecule has 0 radical (unpaired) electrons. The van der Waals surface area contributed by atoms with Gasteiger partial charge in [-0.3, -0.25) is 9.48 Å². The summed E-state index contributed by atoms with van der Waals surface area (Å²) in [6.45, 7) is 3.44. The van der Waals surface area contributed by atoms with Gasteiger partial charge in [-0.05, 0) is 12.5 Å². The molecule has 1 heterocycles. The molecular weight excluding hydrogens is 210 g/mol. The molecule has 0 saturated carbocycles. The third-order valence-corrected chi connectivity index (χ3v) is 1.90. The van der Waals surface area contributed by atoms with Crippen molar-refractivity contribution in [1.82, 2.24) is 15.1 Å². The standard InChI is InChI=1S/C10H13N3O3/c1-2-4-8(10(15)16)12-9(14)7-13-6-3-5-11-13/h2-3,5-6,8H,1,4,7H2,(H,12,14)(H,15,16). The molecule has 1 rings (SSSR count). The molecule has 0 aliphatic heterocycles. The van der Waals surface area contributed by atoms with Crippen LogP contribution >= 0.6 is 0 Å². The molecule has 1 unspecified atom stereocenters. The zero-order valence-corrected chi connectivity index (χ0v) is 8.67. The van der Waals surface area contributed by atoms with Crippen LogP contribution in [0.25, 0.3) is 0 Å². The van der Waals surface area contributed by atoms with E-state index in [2.05, 4.69) is 17.0 Å². The van der Waals surface area contributed by atoms with Gasteiger partial charge in [-0.1, -0.05) is 6.08 Å². The molecule has 16 heavy (non-hydrogen) atoms. The molecule has 2 N–H and O–H groups in total.